The summed E-state index contributed by atoms with van der Waals surface area (Å²) in [5, 5.41) is 0.842. The van der Waals surface area contributed by atoms with Crippen molar-refractivity contribution in [3.8, 4) is 0 Å². The third kappa shape index (κ3) is 1.85. The van der Waals surface area contributed by atoms with E-state index >= 15 is 0 Å². The lowest BCUT2D eigenvalue weighted by Crippen LogP contribution is -2.03. The van der Waals surface area contributed by atoms with Crippen molar-refractivity contribution in [3.63, 3.8) is 0 Å². The summed E-state index contributed by atoms with van der Waals surface area (Å²) in [6, 6.07) is 6.61. The van der Waals surface area contributed by atoms with Crippen LogP contribution in [-0.2, 0) is 0 Å². The smallest absolute Gasteiger partial charge is 0.248 e. The molecule has 0 fully saturated rings. The number of Topliss-reactive ketones (excluding diaryl/α,β-unsaturated/α-hetero) is 1. The molecular formula is C11H8BrNO2. The van der Waals surface area contributed by atoms with E-state index in [0.29, 0.717) is 11.1 Å². The van der Waals surface area contributed by atoms with Gasteiger partial charge in [0.05, 0.1) is 5.52 Å². The van der Waals surface area contributed by atoms with Crippen LogP contribution in [0.4, 0.5) is 0 Å². The Morgan fingerprint density at radius 3 is 2.73 bits per heavy atom. The highest BCUT2D eigenvalue weighted by Crippen LogP contribution is 2.23. The lowest BCUT2D eigenvalue weighted by Gasteiger charge is -2.02. The Bertz CT molecular complexity index is 601. The molecule has 1 aromatic heterocycles. The maximum atomic E-state index is 11.2. The minimum absolute atomic E-state index is 0.00352. The molecule has 0 atom stereocenters. The van der Waals surface area contributed by atoms with E-state index in [1.165, 1.54) is 13.0 Å². The molecule has 0 saturated heterocycles. The standard InChI is InChI=1S/C11H8BrNO2/c1-6(14)8-4-7-2-3-10(15)13-11(7)9(12)5-8/h2-5H,1H3,(H,13,15). The van der Waals surface area contributed by atoms with Crippen LogP contribution in [0.5, 0.6) is 0 Å². The molecule has 0 aliphatic rings. The lowest BCUT2D eigenvalue weighted by molar-refractivity contribution is 0.101. The lowest BCUT2D eigenvalue weighted by atomic mass is 10.1. The van der Waals surface area contributed by atoms with Gasteiger partial charge in [-0.25, -0.2) is 0 Å². The molecule has 0 saturated carbocycles. The summed E-state index contributed by atoms with van der Waals surface area (Å²) in [5.74, 6) is 0.00352. The predicted octanol–water partition coefficient (Wildman–Crippen LogP) is 2.49. The van der Waals surface area contributed by atoms with Crippen molar-refractivity contribution < 1.29 is 4.79 Å². The van der Waals surface area contributed by atoms with Crippen molar-refractivity contribution in [2.75, 3.05) is 0 Å². The fourth-order valence-electron chi connectivity index (χ4n) is 1.42. The molecule has 0 aliphatic carbocycles. The monoisotopic (exact) mass is 265 g/mol. The zero-order chi connectivity index (χ0) is 11.0. The summed E-state index contributed by atoms with van der Waals surface area (Å²) in [7, 11) is 0. The first kappa shape index (κ1) is 10.1. The van der Waals surface area contributed by atoms with E-state index < -0.39 is 0 Å². The Morgan fingerprint density at radius 2 is 2.07 bits per heavy atom. The molecule has 0 amide bonds. The van der Waals surface area contributed by atoms with E-state index in [1.54, 1.807) is 18.2 Å². The van der Waals surface area contributed by atoms with E-state index in [2.05, 4.69) is 20.9 Å². The number of rotatable bonds is 1. The summed E-state index contributed by atoms with van der Waals surface area (Å²) < 4.78 is 0.725. The molecule has 0 radical (unpaired) electrons. The molecule has 4 heteroatoms. The van der Waals surface area contributed by atoms with Crippen LogP contribution < -0.4 is 5.56 Å². The minimum Gasteiger partial charge on any atom is -0.321 e. The van der Waals surface area contributed by atoms with Gasteiger partial charge < -0.3 is 4.98 Å². The number of carbonyl (C=O) groups excluding carboxylic acids is 1. The number of pyridine rings is 1. The van der Waals surface area contributed by atoms with Crippen LogP contribution in [0.25, 0.3) is 10.9 Å². The molecule has 15 heavy (non-hydrogen) atoms. The maximum Gasteiger partial charge on any atom is 0.248 e. The summed E-state index contributed by atoms with van der Waals surface area (Å²) in [4.78, 5) is 25.0. The second-order valence-corrected chi connectivity index (χ2v) is 4.16. The molecule has 0 aliphatic heterocycles. The largest absolute Gasteiger partial charge is 0.321 e. The van der Waals surface area contributed by atoms with Crippen molar-refractivity contribution >= 4 is 32.6 Å². The van der Waals surface area contributed by atoms with Crippen LogP contribution in [-0.4, -0.2) is 10.8 Å². The van der Waals surface area contributed by atoms with Crippen molar-refractivity contribution in [2.24, 2.45) is 0 Å². The number of nitrogens with one attached hydrogen (secondary N) is 1. The van der Waals surface area contributed by atoms with Gasteiger partial charge in [0.15, 0.2) is 5.78 Å². The van der Waals surface area contributed by atoms with E-state index in [0.717, 1.165) is 9.86 Å². The van der Waals surface area contributed by atoms with Gasteiger partial charge in [-0.3, -0.25) is 9.59 Å². The fourth-order valence-corrected chi connectivity index (χ4v) is 2.00. The second-order valence-electron chi connectivity index (χ2n) is 3.30. The van der Waals surface area contributed by atoms with E-state index in [1.807, 2.05) is 0 Å². The van der Waals surface area contributed by atoms with E-state index in [9.17, 15) is 9.59 Å². The molecular weight excluding hydrogens is 258 g/mol. The molecule has 3 nitrogen and oxygen atoms in total. The van der Waals surface area contributed by atoms with Gasteiger partial charge in [-0.15, -0.1) is 0 Å². The number of hydrogen-bond acceptors (Lipinski definition) is 2. The normalized spacial score (nSPS) is 10.5. The summed E-state index contributed by atoms with van der Waals surface area (Å²) >= 11 is 3.33. The molecule has 0 bridgehead atoms. The van der Waals surface area contributed by atoms with Gasteiger partial charge in [0.25, 0.3) is 0 Å². The summed E-state index contributed by atoms with van der Waals surface area (Å²) in [5.41, 5.74) is 1.19. The van der Waals surface area contributed by atoms with Crippen molar-refractivity contribution in [3.05, 3.63) is 44.7 Å². The number of fused-ring (bicyclic) bond motifs is 1. The minimum atomic E-state index is -0.154. The Morgan fingerprint density at radius 1 is 1.33 bits per heavy atom. The van der Waals surface area contributed by atoms with Gasteiger partial charge in [-0.05, 0) is 41.1 Å². The first-order valence-corrected chi connectivity index (χ1v) is 5.21. The number of H-pyrrole nitrogens is 1. The van der Waals surface area contributed by atoms with Crippen LogP contribution >= 0.6 is 15.9 Å². The van der Waals surface area contributed by atoms with Crippen LogP contribution in [0.2, 0.25) is 0 Å². The molecule has 0 spiro atoms. The molecule has 2 rings (SSSR count). The molecule has 1 N–H and O–H groups in total. The highest BCUT2D eigenvalue weighted by molar-refractivity contribution is 9.10. The number of ketones is 1. The van der Waals surface area contributed by atoms with E-state index in [-0.39, 0.29) is 11.3 Å². The SMILES string of the molecule is CC(=O)c1cc(Br)c2[nH]c(=O)ccc2c1. The van der Waals surface area contributed by atoms with E-state index in [4.69, 9.17) is 0 Å². The second kappa shape index (κ2) is 3.62. The summed E-state index contributed by atoms with van der Waals surface area (Å²) in [6.45, 7) is 1.51. The van der Waals surface area contributed by atoms with Gasteiger partial charge in [0.1, 0.15) is 0 Å². The molecule has 76 valence electrons. The topological polar surface area (TPSA) is 49.9 Å². The quantitative estimate of drug-likeness (QED) is 0.806. The highest BCUT2D eigenvalue weighted by atomic mass is 79.9. The van der Waals surface area contributed by atoms with Gasteiger partial charge in [-0.2, -0.15) is 0 Å². The molecule has 1 heterocycles. The third-order valence-corrected chi connectivity index (χ3v) is 2.82. The Labute approximate surface area is 94.3 Å². The fraction of sp³-hybridized carbons (Fsp3) is 0.0909. The van der Waals surface area contributed by atoms with Crippen LogP contribution in [0.3, 0.4) is 0 Å². The number of benzene rings is 1. The Balaban J connectivity index is 2.84. The zero-order valence-electron chi connectivity index (χ0n) is 8.00. The van der Waals surface area contributed by atoms with Crippen molar-refractivity contribution in [1.82, 2.24) is 4.98 Å². The van der Waals surface area contributed by atoms with Gasteiger partial charge in [0.2, 0.25) is 5.56 Å². The van der Waals surface area contributed by atoms with Crippen molar-refractivity contribution in [1.29, 1.82) is 0 Å². The summed E-state index contributed by atoms with van der Waals surface area (Å²) in [6.07, 6.45) is 0. The highest BCUT2D eigenvalue weighted by Gasteiger charge is 2.05. The number of aromatic nitrogens is 1. The van der Waals surface area contributed by atoms with Gasteiger partial charge in [0, 0.05) is 21.5 Å². The average Bonchev–Trinajstić information content (AvgIpc) is 2.18. The van der Waals surface area contributed by atoms with Crippen LogP contribution in [0.15, 0.2) is 33.5 Å². The predicted molar refractivity (Wildman–Crippen MR) is 62.3 cm³/mol. The number of carbonyl (C=O) groups is 1. The average molecular weight is 266 g/mol. The van der Waals surface area contributed by atoms with Crippen LogP contribution in [0.1, 0.15) is 17.3 Å². The molecule has 0 unspecified atom stereocenters. The van der Waals surface area contributed by atoms with Gasteiger partial charge in [-0.1, -0.05) is 0 Å². The molecule has 1 aromatic carbocycles. The zero-order valence-corrected chi connectivity index (χ0v) is 9.59. The first-order valence-electron chi connectivity index (χ1n) is 4.41. The third-order valence-electron chi connectivity index (χ3n) is 2.19. The first-order chi connectivity index (χ1) is 7.08. The van der Waals surface area contributed by atoms with Crippen molar-refractivity contribution in [2.45, 2.75) is 6.92 Å². The van der Waals surface area contributed by atoms with Crippen LogP contribution in [0, 0.1) is 0 Å². The molecule has 2 aromatic rings. The Kier molecular flexibility index (Phi) is 2.44. The maximum absolute atomic E-state index is 11.2. The van der Waals surface area contributed by atoms with Gasteiger partial charge >= 0.3 is 0 Å². The number of hydrogen-bond donors (Lipinski definition) is 1. The number of halogens is 1. The Hall–Kier alpha value is -1.42. The number of aromatic amines is 1.